The zero-order chi connectivity index (χ0) is 17.5. The number of imidazole rings is 1. The highest BCUT2D eigenvalue weighted by Gasteiger charge is 2.21. The van der Waals surface area contributed by atoms with Gasteiger partial charge in [-0.15, -0.1) is 0 Å². The summed E-state index contributed by atoms with van der Waals surface area (Å²) < 4.78 is 17.4. The van der Waals surface area contributed by atoms with E-state index >= 15 is 0 Å². The van der Waals surface area contributed by atoms with Gasteiger partial charge in [0.25, 0.3) is 5.56 Å². The first-order valence-corrected chi connectivity index (χ1v) is 7.26. The Balaban J connectivity index is 2.29. The summed E-state index contributed by atoms with van der Waals surface area (Å²) in [6.45, 7) is 0.0230. The van der Waals surface area contributed by atoms with Crippen molar-refractivity contribution in [2.45, 2.75) is 12.3 Å². The smallest absolute Gasteiger partial charge is 0.280 e. The molecule has 0 saturated heterocycles. The van der Waals surface area contributed by atoms with Crippen LogP contribution >= 0.6 is 0 Å². The number of aliphatic hydroxyl groups is 2. The standard InChI is InChI=1S/C13H21N5O6/c1-22-2-3-23-6-9(24-8(4-19)5-20)18-7-15-10-11(18)16-13(14)17-12(10)21/h7-9,19-20H,2-6H2,1H3,(H3,14,16,17,21)/t9-/m1/s1. The lowest BCUT2D eigenvalue weighted by Crippen LogP contribution is -2.30. The third kappa shape index (κ3) is 4.27. The van der Waals surface area contributed by atoms with E-state index in [9.17, 15) is 15.0 Å². The molecule has 2 rings (SSSR count). The van der Waals surface area contributed by atoms with Crippen molar-refractivity contribution in [3.63, 3.8) is 0 Å². The number of ether oxygens (including phenoxy) is 3. The Morgan fingerprint density at radius 3 is 2.79 bits per heavy atom. The number of methoxy groups -OCH3 is 1. The first kappa shape index (κ1) is 18.3. The number of nitrogens with zero attached hydrogens (tertiary/aromatic N) is 3. The molecule has 0 unspecified atom stereocenters. The van der Waals surface area contributed by atoms with E-state index in [1.165, 1.54) is 10.9 Å². The molecule has 0 aliphatic carbocycles. The van der Waals surface area contributed by atoms with Crippen LogP contribution in [0.1, 0.15) is 6.23 Å². The molecule has 5 N–H and O–H groups in total. The number of aromatic nitrogens is 4. The SMILES string of the molecule is COCCOC[C@@H](OC(CO)CO)n1cnc2c(=O)[nH]c(N)nc21. The van der Waals surface area contributed by atoms with Gasteiger partial charge in [0.15, 0.2) is 17.4 Å². The van der Waals surface area contributed by atoms with Gasteiger partial charge in [-0.1, -0.05) is 0 Å². The molecular formula is C13H21N5O6. The second kappa shape index (κ2) is 8.70. The lowest BCUT2D eigenvalue weighted by Gasteiger charge is -2.23. The Labute approximate surface area is 137 Å². The summed E-state index contributed by atoms with van der Waals surface area (Å²) in [5.41, 5.74) is 5.40. The monoisotopic (exact) mass is 343 g/mol. The average molecular weight is 343 g/mol. The van der Waals surface area contributed by atoms with Gasteiger partial charge in [0.1, 0.15) is 6.10 Å². The van der Waals surface area contributed by atoms with Crippen LogP contribution < -0.4 is 11.3 Å². The van der Waals surface area contributed by atoms with Gasteiger partial charge >= 0.3 is 0 Å². The number of nitrogen functional groups attached to an aromatic ring is 1. The Bertz CT molecular complexity index is 698. The minimum absolute atomic E-state index is 0.0610. The van der Waals surface area contributed by atoms with Crippen molar-refractivity contribution in [1.29, 1.82) is 0 Å². The van der Waals surface area contributed by atoms with Gasteiger partial charge in [-0.05, 0) is 0 Å². The predicted molar refractivity (Wildman–Crippen MR) is 83.3 cm³/mol. The van der Waals surface area contributed by atoms with E-state index in [2.05, 4.69) is 15.0 Å². The zero-order valence-corrected chi connectivity index (χ0v) is 13.2. The van der Waals surface area contributed by atoms with Crippen LogP contribution in [0.3, 0.4) is 0 Å². The second-order valence-corrected chi connectivity index (χ2v) is 4.92. The fourth-order valence-electron chi connectivity index (χ4n) is 2.03. The maximum Gasteiger partial charge on any atom is 0.280 e. The number of hydrogen-bond acceptors (Lipinski definition) is 9. The number of aromatic amines is 1. The highest BCUT2D eigenvalue weighted by atomic mass is 16.6. The van der Waals surface area contributed by atoms with Crippen molar-refractivity contribution < 1.29 is 24.4 Å². The number of anilines is 1. The average Bonchev–Trinajstić information content (AvgIpc) is 2.98. The molecule has 0 spiro atoms. The maximum atomic E-state index is 11.8. The van der Waals surface area contributed by atoms with Gasteiger partial charge < -0.3 is 30.2 Å². The number of nitrogens with two attached hydrogens (primary N) is 1. The first-order valence-electron chi connectivity index (χ1n) is 7.26. The van der Waals surface area contributed by atoms with Crippen LogP contribution in [0.2, 0.25) is 0 Å². The molecule has 24 heavy (non-hydrogen) atoms. The number of rotatable bonds is 10. The van der Waals surface area contributed by atoms with E-state index in [0.29, 0.717) is 13.2 Å². The Kier molecular flexibility index (Phi) is 6.63. The Morgan fingerprint density at radius 1 is 1.38 bits per heavy atom. The molecule has 0 aliphatic rings. The van der Waals surface area contributed by atoms with E-state index in [0.717, 1.165) is 0 Å². The van der Waals surface area contributed by atoms with Gasteiger partial charge in [0.2, 0.25) is 5.95 Å². The van der Waals surface area contributed by atoms with E-state index in [-0.39, 0.29) is 36.9 Å². The lowest BCUT2D eigenvalue weighted by molar-refractivity contribution is -0.123. The molecule has 1 atom stereocenters. The molecular weight excluding hydrogens is 322 g/mol. The molecule has 134 valence electrons. The molecule has 0 fully saturated rings. The molecule has 0 aromatic carbocycles. The van der Waals surface area contributed by atoms with Crippen molar-refractivity contribution in [2.75, 3.05) is 45.9 Å². The number of H-pyrrole nitrogens is 1. The highest BCUT2D eigenvalue weighted by Crippen LogP contribution is 2.17. The topological polar surface area (TPSA) is 158 Å². The van der Waals surface area contributed by atoms with Crippen molar-refractivity contribution >= 4 is 17.1 Å². The maximum absolute atomic E-state index is 11.8. The lowest BCUT2D eigenvalue weighted by atomic mass is 10.4. The van der Waals surface area contributed by atoms with Crippen LogP contribution in [-0.4, -0.2) is 76.0 Å². The summed E-state index contributed by atoms with van der Waals surface area (Å²) in [4.78, 5) is 22.3. The van der Waals surface area contributed by atoms with E-state index in [4.69, 9.17) is 19.9 Å². The number of fused-ring (bicyclic) bond motifs is 1. The summed E-state index contributed by atoms with van der Waals surface area (Å²) in [5, 5.41) is 18.4. The van der Waals surface area contributed by atoms with Gasteiger partial charge in [-0.2, -0.15) is 4.98 Å². The summed E-state index contributed by atoms with van der Waals surface area (Å²) >= 11 is 0. The summed E-state index contributed by atoms with van der Waals surface area (Å²) in [6, 6.07) is 0. The Morgan fingerprint density at radius 2 is 2.12 bits per heavy atom. The molecule has 0 saturated carbocycles. The number of nitrogens with one attached hydrogen (secondary N) is 1. The van der Waals surface area contributed by atoms with Gasteiger partial charge in [-0.3, -0.25) is 14.3 Å². The summed E-state index contributed by atoms with van der Waals surface area (Å²) in [6.07, 6.45) is -0.231. The van der Waals surface area contributed by atoms with E-state index in [1.807, 2.05) is 0 Å². The Hall–Kier alpha value is -2.05. The largest absolute Gasteiger partial charge is 0.394 e. The quantitative estimate of drug-likeness (QED) is 0.366. The molecule has 0 amide bonds. The minimum atomic E-state index is -0.821. The molecule has 2 aromatic heterocycles. The van der Waals surface area contributed by atoms with Crippen molar-refractivity contribution in [1.82, 2.24) is 19.5 Å². The fraction of sp³-hybridized carbons (Fsp3) is 0.615. The van der Waals surface area contributed by atoms with Crippen LogP contribution in [0.4, 0.5) is 5.95 Å². The zero-order valence-electron chi connectivity index (χ0n) is 13.2. The summed E-state index contributed by atoms with van der Waals surface area (Å²) in [5.74, 6) is -0.0610. The number of hydrogen-bond donors (Lipinski definition) is 4. The summed E-state index contributed by atoms with van der Waals surface area (Å²) in [7, 11) is 1.55. The van der Waals surface area contributed by atoms with Crippen LogP contribution in [0.15, 0.2) is 11.1 Å². The molecule has 2 aromatic rings. The molecule has 11 heteroatoms. The van der Waals surface area contributed by atoms with Crippen LogP contribution in [0, 0.1) is 0 Å². The third-order valence-electron chi connectivity index (χ3n) is 3.21. The van der Waals surface area contributed by atoms with Crippen LogP contribution in [0.25, 0.3) is 11.2 Å². The van der Waals surface area contributed by atoms with Gasteiger partial charge in [0, 0.05) is 7.11 Å². The number of aliphatic hydroxyl groups excluding tert-OH is 2. The molecule has 11 nitrogen and oxygen atoms in total. The van der Waals surface area contributed by atoms with Gasteiger partial charge in [-0.25, -0.2) is 4.98 Å². The second-order valence-electron chi connectivity index (χ2n) is 4.92. The van der Waals surface area contributed by atoms with E-state index < -0.39 is 17.9 Å². The minimum Gasteiger partial charge on any atom is -0.394 e. The van der Waals surface area contributed by atoms with Gasteiger partial charge in [0.05, 0.1) is 39.4 Å². The van der Waals surface area contributed by atoms with Crippen LogP contribution in [0.5, 0.6) is 0 Å². The normalized spacial score (nSPS) is 13.0. The van der Waals surface area contributed by atoms with E-state index in [1.54, 1.807) is 7.11 Å². The van der Waals surface area contributed by atoms with Crippen molar-refractivity contribution in [2.24, 2.45) is 0 Å². The molecule has 0 bridgehead atoms. The molecule has 0 radical (unpaired) electrons. The third-order valence-corrected chi connectivity index (χ3v) is 3.21. The first-order chi connectivity index (χ1) is 11.6. The van der Waals surface area contributed by atoms with Crippen molar-refractivity contribution in [3.8, 4) is 0 Å². The fourth-order valence-corrected chi connectivity index (χ4v) is 2.03. The highest BCUT2D eigenvalue weighted by molar-refractivity contribution is 5.70. The van der Waals surface area contributed by atoms with Crippen LogP contribution in [-0.2, 0) is 14.2 Å². The predicted octanol–water partition coefficient (Wildman–Crippen LogP) is -1.77. The van der Waals surface area contributed by atoms with Crippen molar-refractivity contribution in [3.05, 3.63) is 16.7 Å². The molecule has 2 heterocycles. The molecule has 0 aliphatic heterocycles.